The largest absolute Gasteiger partial charge is 0.492 e. The van der Waals surface area contributed by atoms with E-state index in [1.807, 2.05) is 49.4 Å². The molecule has 0 saturated carbocycles. The number of hydrogen-bond acceptors (Lipinski definition) is 8. The molecule has 1 saturated heterocycles. The minimum atomic E-state index is 0.310. The molecular weight excluding hydrogens is 418 g/mol. The third-order valence-corrected chi connectivity index (χ3v) is 5.76. The zero-order valence-electron chi connectivity index (χ0n) is 18.9. The van der Waals surface area contributed by atoms with Gasteiger partial charge in [-0.1, -0.05) is 24.3 Å². The van der Waals surface area contributed by atoms with E-state index in [1.165, 1.54) is 5.56 Å². The van der Waals surface area contributed by atoms with Crippen LogP contribution in [0.4, 0.5) is 11.8 Å². The highest BCUT2D eigenvalue weighted by Gasteiger charge is 2.21. The number of para-hydroxylation sites is 1. The number of aromatic nitrogens is 2. The highest BCUT2D eigenvalue weighted by atomic mass is 16.7. The van der Waals surface area contributed by atoms with E-state index in [-0.39, 0.29) is 0 Å². The summed E-state index contributed by atoms with van der Waals surface area (Å²) >= 11 is 0. The lowest BCUT2D eigenvalue weighted by molar-refractivity contribution is 0.174. The van der Waals surface area contributed by atoms with E-state index in [4.69, 9.17) is 19.2 Å². The second kappa shape index (κ2) is 9.95. The molecule has 1 N–H and O–H groups in total. The smallest absolute Gasteiger partial charge is 0.231 e. The van der Waals surface area contributed by atoms with Crippen LogP contribution in [0.2, 0.25) is 0 Å². The van der Waals surface area contributed by atoms with Crippen LogP contribution >= 0.6 is 0 Å². The van der Waals surface area contributed by atoms with Crippen molar-refractivity contribution in [3.05, 3.63) is 65.9 Å². The monoisotopic (exact) mass is 447 g/mol. The van der Waals surface area contributed by atoms with Crippen LogP contribution < -0.4 is 24.4 Å². The minimum Gasteiger partial charge on any atom is -0.492 e. The Morgan fingerprint density at radius 1 is 0.939 bits per heavy atom. The van der Waals surface area contributed by atoms with Gasteiger partial charge in [-0.3, -0.25) is 4.90 Å². The Morgan fingerprint density at radius 2 is 1.76 bits per heavy atom. The number of rotatable bonds is 8. The van der Waals surface area contributed by atoms with Crippen LogP contribution in [0.15, 0.2) is 54.6 Å². The Morgan fingerprint density at radius 3 is 2.61 bits per heavy atom. The average Bonchev–Trinajstić information content (AvgIpc) is 3.31. The number of fused-ring (bicyclic) bond motifs is 1. The number of nitrogens with zero attached hydrogens (tertiary/aromatic N) is 4. The Balaban J connectivity index is 1.12. The molecule has 0 atom stereocenters. The van der Waals surface area contributed by atoms with Crippen molar-refractivity contribution < 1.29 is 14.2 Å². The molecule has 2 aromatic carbocycles. The maximum atomic E-state index is 5.75. The Kier molecular flexibility index (Phi) is 6.44. The lowest BCUT2D eigenvalue weighted by atomic mass is 10.1. The van der Waals surface area contributed by atoms with Crippen LogP contribution in [0.3, 0.4) is 0 Å². The van der Waals surface area contributed by atoms with Crippen molar-refractivity contribution in [3.8, 4) is 17.2 Å². The quantitative estimate of drug-likeness (QED) is 0.528. The lowest BCUT2D eigenvalue weighted by Crippen LogP contribution is -2.46. The van der Waals surface area contributed by atoms with E-state index >= 15 is 0 Å². The fourth-order valence-electron chi connectivity index (χ4n) is 4.05. The molecule has 1 fully saturated rings. The van der Waals surface area contributed by atoms with E-state index in [0.29, 0.717) is 19.9 Å². The number of hydrogen-bond donors (Lipinski definition) is 1. The van der Waals surface area contributed by atoms with Gasteiger partial charge in [0, 0.05) is 44.5 Å². The summed E-state index contributed by atoms with van der Waals surface area (Å²) in [6.07, 6.45) is 0. The van der Waals surface area contributed by atoms with E-state index < -0.39 is 0 Å². The van der Waals surface area contributed by atoms with Crippen LogP contribution in [0.5, 0.6) is 17.2 Å². The molecule has 2 aliphatic rings. The first-order valence-electron chi connectivity index (χ1n) is 11.4. The molecule has 0 aliphatic carbocycles. The summed E-state index contributed by atoms with van der Waals surface area (Å²) in [5.41, 5.74) is 2.19. The van der Waals surface area contributed by atoms with Gasteiger partial charge in [0.05, 0.1) is 6.54 Å². The predicted molar refractivity (Wildman–Crippen MR) is 127 cm³/mol. The van der Waals surface area contributed by atoms with Crippen molar-refractivity contribution in [2.45, 2.75) is 13.5 Å². The summed E-state index contributed by atoms with van der Waals surface area (Å²) in [5, 5.41) is 3.36. The molecule has 0 radical (unpaired) electrons. The normalized spacial score (nSPS) is 15.5. The van der Waals surface area contributed by atoms with E-state index in [0.717, 1.165) is 67.4 Å². The molecular formula is C25H29N5O3. The molecule has 2 aliphatic heterocycles. The number of nitrogens with one attached hydrogen (secondary N) is 1. The van der Waals surface area contributed by atoms with Gasteiger partial charge in [-0.25, -0.2) is 4.98 Å². The molecule has 0 unspecified atom stereocenters. The molecule has 8 nitrogen and oxygen atoms in total. The van der Waals surface area contributed by atoms with Crippen LogP contribution in [0.25, 0.3) is 0 Å². The van der Waals surface area contributed by atoms with Crippen LogP contribution in [0.1, 0.15) is 11.3 Å². The van der Waals surface area contributed by atoms with E-state index in [1.54, 1.807) is 0 Å². The highest BCUT2D eigenvalue weighted by molar-refractivity contribution is 5.45. The standard InChI is InChI=1S/C25H29N5O3/c1-19-15-24(26-9-14-31-21-5-3-2-4-6-21)28-25(27-19)30-12-10-29(11-13-30)17-20-7-8-22-23(16-20)33-18-32-22/h2-8,15-16H,9-14,17-18H2,1H3,(H,26,27,28). The number of aryl methyl sites for hydroxylation is 1. The first kappa shape index (κ1) is 21.3. The van der Waals surface area contributed by atoms with Crippen molar-refractivity contribution in [3.63, 3.8) is 0 Å². The molecule has 0 spiro atoms. The molecule has 3 heterocycles. The van der Waals surface area contributed by atoms with Crippen molar-refractivity contribution in [1.29, 1.82) is 0 Å². The van der Waals surface area contributed by atoms with E-state index in [2.05, 4.69) is 32.2 Å². The average molecular weight is 448 g/mol. The third kappa shape index (κ3) is 5.46. The summed E-state index contributed by atoms with van der Waals surface area (Å²) in [6, 6.07) is 18.0. The molecule has 3 aromatic rings. The number of ether oxygens (including phenoxy) is 3. The molecule has 33 heavy (non-hydrogen) atoms. The maximum Gasteiger partial charge on any atom is 0.231 e. The van der Waals surface area contributed by atoms with Gasteiger partial charge >= 0.3 is 0 Å². The van der Waals surface area contributed by atoms with Gasteiger partial charge in [0.1, 0.15) is 18.2 Å². The van der Waals surface area contributed by atoms with Gasteiger partial charge in [0.25, 0.3) is 0 Å². The molecule has 5 rings (SSSR count). The number of piperazine rings is 1. The highest BCUT2D eigenvalue weighted by Crippen LogP contribution is 2.33. The van der Waals surface area contributed by atoms with Crippen molar-refractivity contribution in [1.82, 2.24) is 14.9 Å². The van der Waals surface area contributed by atoms with Crippen LogP contribution in [-0.2, 0) is 6.54 Å². The van der Waals surface area contributed by atoms with Crippen molar-refractivity contribution >= 4 is 11.8 Å². The fourth-order valence-corrected chi connectivity index (χ4v) is 4.05. The zero-order chi connectivity index (χ0) is 22.5. The molecule has 1 aromatic heterocycles. The van der Waals surface area contributed by atoms with Crippen molar-refractivity contribution in [2.24, 2.45) is 0 Å². The molecule has 8 heteroatoms. The topological polar surface area (TPSA) is 72.0 Å². The van der Waals surface area contributed by atoms with E-state index in [9.17, 15) is 0 Å². The van der Waals surface area contributed by atoms with Crippen LogP contribution in [0, 0.1) is 6.92 Å². The third-order valence-electron chi connectivity index (χ3n) is 5.76. The van der Waals surface area contributed by atoms with Gasteiger partial charge in [-0.15, -0.1) is 0 Å². The Labute approximate surface area is 194 Å². The SMILES string of the molecule is Cc1cc(NCCOc2ccccc2)nc(N2CCN(Cc3ccc4c(c3)OCO4)CC2)n1. The summed E-state index contributed by atoms with van der Waals surface area (Å²) in [5.74, 6) is 4.16. The number of anilines is 2. The molecule has 0 bridgehead atoms. The van der Waals surface area contributed by atoms with Gasteiger partial charge in [0.2, 0.25) is 12.7 Å². The minimum absolute atomic E-state index is 0.310. The Bertz CT molecular complexity index is 1070. The van der Waals surface area contributed by atoms with Crippen LogP contribution in [-0.4, -0.2) is 61.0 Å². The Hall–Kier alpha value is -3.52. The molecule has 172 valence electrons. The number of benzene rings is 2. The maximum absolute atomic E-state index is 5.75. The summed E-state index contributed by atoms with van der Waals surface area (Å²) in [7, 11) is 0. The van der Waals surface area contributed by atoms with Gasteiger partial charge < -0.3 is 24.4 Å². The summed E-state index contributed by atoms with van der Waals surface area (Å²) < 4.78 is 16.7. The van der Waals surface area contributed by atoms with Gasteiger partial charge in [-0.05, 0) is 36.8 Å². The first-order chi connectivity index (χ1) is 16.2. The first-order valence-corrected chi connectivity index (χ1v) is 11.4. The summed E-state index contributed by atoms with van der Waals surface area (Å²) in [6.45, 7) is 8.16. The van der Waals surface area contributed by atoms with Crippen molar-refractivity contribution in [2.75, 3.05) is 56.3 Å². The fraction of sp³-hybridized carbons (Fsp3) is 0.360. The van der Waals surface area contributed by atoms with Gasteiger partial charge in [-0.2, -0.15) is 4.98 Å². The lowest BCUT2D eigenvalue weighted by Gasteiger charge is -2.35. The predicted octanol–water partition coefficient (Wildman–Crippen LogP) is 3.33. The second-order valence-electron chi connectivity index (χ2n) is 8.23. The summed E-state index contributed by atoms with van der Waals surface area (Å²) in [4.78, 5) is 14.1. The molecule has 0 amide bonds. The second-order valence-corrected chi connectivity index (χ2v) is 8.23. The zero-order valence-corrected chi connectivity index (χ0v) is 18.9. The van der Waals surface area contributed by atoms with Gasteiger partial charge in [0.15, 0.2) is 11.5 Å².